The van der Waals surface area contributed by atoms with Crippen molar-refractivity contribution in [2.45, 2.75) is 62.5 Å². The monoisotopic (exact) mass is 696 g/mol. The number of aryl methyl sites for hydroxylation is 1. The highest BCUT2D eigenvalue weighted by Gasteiger charge is 2.70. The van der Waals surface area contributed by atoms with E-state index in [0.29, 0.717) is 12.4 Å². The van der Waals surface area contributed by atoms with Gasteiger partial charge < -0.3 is 14.8 Å². The number of ether oxygens (including phenoxy) is 1. The van der Waals surface area contributed by atoms with Gasteiger partial charge in [-0.25, -0.2) is 4.79 Å². The van der Waals surface area contributed by atoms with Crippen molar-refractivity contribution in [2.75, 3.05) is 0 Å². The van der Waals surface area contributed by atoms with Gasteiger partial charge in [0.25, 0.3) is 0 Å². The summed E-state index contributed by atoms with van der Waals surface area (Å²) >= 11 is 6.47. The number of aromatic amines is 1. The molecule has 0 spiro atoms. The highest BCUT2D eigenvalue weighted by atomic mass is 79.9. The minimum atomic E-state index is -1.16. The van der Waals surface area contributed by atoms with E-state index in [1.165, 1.54) is 16.9 Å². The van der Waals surface area contributed by atoms with Crippen LogP contribution in [0, 0.1) is 42.4 Å². The van der Waals surface area contributed by atoms with Crippen LogP contribution in [0.15, 0.2) is 56.8 Å². The molecule has 8 atom stereocenters. The molecule has 8 nitrogen and oxygen atoms in total. The van der Waals surface area contributed by atoms with E-state index in [0.717, 1.165) is 36.8 Å². The Morgan fingerprint density at radius 2 is 1.80 bits per heavy atom. The molecule has 7 rings (SSSR count). The molecule has 2 bridgehead atoms. The van der Waals surface area contributed by atoms with Crippen LogP contribution in [0.1, 0.15) is 54.2 Å². The third kappa shape index (κ3) is 4.77. The molecule has 11 heteroatoms. The number of thiazole rings is 1. The summed E-state index contributed by atoms with van der Waals surface area (Å²) in [6.45, 7) is 6.22. The smallest absolute Gasteiger partial charge is 0.326 e. The molecule has 2 aromatic carbocycles. The molecular formula is C33H33BrN2O6S2. The maximum atomic E-state index is 14.0. The summed E-state index contributed by atoms with van der Waals surface area (Å²) in [5.41, 5.74) is 3.16. The van der Waals surface area contributed by atoms with Gasteiger partial charge in [0.05, 0.1) is 16.9 Å². The molecule has 2 saturated carbocycles. The van der Waals surface area contributed by atoms with E-state index in [1.54, 1.807) is 11.8 Å². The summed E-state index contributed by atoms with van der Waals surface area (Å²) in [6, 6.07) is 13.0. The number of hydrogen-bond donors (Lipinski definition) is 2. The van der Waals surface area contributed by atoms with Crippen LogP contribution in [-0.4, -0.2) is 44.1 Å². The van der Waals surface area contributed by atoms with Gasteiger partial charge in [0, 0.05) is 26.1 Å². The van der Waals surface area contributed by atoms with Crippen molar-refractivity contribution in [1.29, 1.82) is 0 Å². The minimum Gasteiger partial charge on any atom is -0.489 e. The molecule has 7 unspecified atom stereocenters. The highest BCUT2D eigenvalue weighted by molar-refractivity contribution is 9.10. The maximum absolute atomic E-state index is 14.0. The number of nitrogens with one attached hydrogen (secondary N) is 1. The van der Waals surface area contributed by atoms with Crippen LogP contribution in [0.5, 0.6) is 5.75 Å². The molecule has 2 amide bonds. The van der Waals surface area contributed by atoms with Crippen molar-refractivity contribution in [3.8, 4) is 5.75 Å². The van der Waals surface area contributed by atoms with E-state index in [4.69, 9.17) is 4.74 Å². The van der Waals surface area contributed by atoms with Gasteiger partial charge >= 0.3 is 10.8 Å². The number of likely N-dealkylation sites (tertiary alicyclic amines) is 1. The summed E-state index contributed by atoms with van der Waals surface area (Å²) in [6.07, 6.45) is 0.957. The normalized spacial score (nSPS) is 29.1. The average molecular weight is 698 g/mol. The summed E-state index contributed by atoms with van der Waals surface area (Å²) < 4.78 is 7.33. The highest BCUT2D eigenvalue weighted by Crippen LogP contribution is 2.69. The first kappa shape index (κ1) is 29.8. The number of carboxylic acid groups (broad SMARTS) is 1. The lowest BCUT2D eigenvalue weighted by atomic mass is 9.68. The van der Waals surface area contributed by atoms with Crippen molar-refractivity contribution in [3.05, 3.63) is 78.2 Å². The van der Waals surface area contributed by atoms with E-state index >= 15 is 0 Å². The van der Waals surface area contributed by atoms with Crippen LogP contribution in [0.2, 0.25) is 0 Å². The van der Waals surface area contributed by atoms with E-state index in [-0.39, 0.29) is 57.9 Å². The predicted molar refractivity (Wildman–Crippen MR) is 171 cm³/mol. The molecule has 4 aliphatic rings. The average Bonchev–Trinajstić information content (AvgIpc) is 3.70. The Bertz CT molecular complexity index is 1720. The summed E-state index contributed by atoms with van der Waals surface area (Å²) in [5, 5.41) is 10.9. The number of imide groups is 1. The lowest BCUT2D eigenvalue weighted by Crippen LogP contribution is -2.47. The van der Waals surface area contributed by atoms with Gasteiger partial charge in [0.1, 0.15) is 18.4 Å². The Labute approximate surface area is 271 Å². The van der Waals surface area contributed by atoms with Crippen molar-refractivity contribution >= 4 is 56.8 Å². The molecule has 1 saturated heterocycles. The van der Waals surface area contributed by atoms with Crippen LogP contribution in [0.3, 0.4) is 0 Å². The van der Waals surface area contributed by atoms with Gasteiger partial charge in [-0.05, 0) is 67.2 Å². The zero-order valence-corrected chi connectivity index (χ0v) is 27.7. The number of halogens is 1. The Kier molecular flexibility index (Phi) is 7.57. The number of carbonyl (C=O) groups excluding carboxylic acids is 2. The summed E-state index contributed by atoms with van der Waals surface area (Å²) in [7, 11) is 0. The molecule has 2 N–H and O–H groups in total. The molecule has 2 aliphatic carbocycles. The van der Waals surface area contributed by atoms with Crippen molar-refractivity contribution in [2.24, 2.45) is 35.5 Å². The third-order valence-electron chi connectivity index (χ3n) is 9.87. The van der Waals surface area contributed by atoms with Crippen LogP contribution in [0.4, 0.5) is 0 Å². The topological polar surface area (TPSA) is 117 Å². The summed E-state index contributed by atoms with van der Waals surface area (Å²) in [4.78, 5) is 57.9. The van der Waals surface area contributed by atoms with Gasteiger partial charge in [-0.15, -0.1) is 11.8 Å². The van der Waals surface area contributed by atoms with Crippen LogP contribution >= 0.6 is 39.0 Å². The van der Waals surface area contributed by atoms with E-state index in [1.807, 2.05) is 45.0 Å². The van der Waals surface area contributed by atoms with Crippen molar-refractivity contribution < 1.29 is 24.2 Å². The lowest BCUT2D eigenvalue weighted by Gasteiger charge is -2.43. The number of benzene rings is 2. The molecule has 3 fully saturated rings. The van der Waals surface area contributed by atoms with Gasteiger partial charge in [-0.1, -0.05) is 70.9 Å². The number of fused-ring (bicyclic) bond motifs is 9. The quantitative estimate of drug-likeness (QED) is 0.275. The van der Waals surface area contributed by atoms with E-state index in [9.17, 15) is 24.3 Å². The number of nitrogens with zero attached hydrogens (tertiary/aromatic N) is 1. The zero-order valence-electron chi connectivity index (χ0n) is 24.5. The van der Waals surface area contributed by atoms with Crippen molar-refractivity contribution in [1.82, 2.24) is 9.88 Å². The fourth-order valence-electron chi connectivity index (χ4n) is 8.20. The number of H-pyrrole nitrogens is 1. The van der Waals surface area contributed by atoms with Crippen LogP contribution in [-0.2, 0) is 21.0 Å². The molecule has 1 aromatic heterocycles. The molecule has 3 heterocycles. The molecule has 44 heavy (non-hydrogen) atoms. The zero-order chi connectivity index (χ0) is 31.0. The van der Waals surface area contributed by atoms with E-state index in [2.05, 4.69) is 39.1 Å². The second-order valence-corrected chi connectivity index (χ2v) is 16.1. The SMILES string of the molecule is Cc1ccc(COc2ccc(Br)cc2[C@H]2c3sc(=O)[nH]c3SC3C4CC(C5C(=O)N(C(CC(C)C)C(=O)O)C(=O)C45)C32)cc1. The number of rotatable bonds is 8. The Morgan fingerprint density at radius 1 is 1.09 bits per heavy atom. The number of thioether (sulfide) groups is 1. The van der Waals surface area contributed by atoms with Crippen LogP contribution in [0.25, 0.3) is 0 Å². The third-order valence-corrected chi connectivity index (χ3v) is 13.0. The first-order valence-corrected chi connectivity index (χ1v) is 17.5. The lowest BCUT2D eigenvalue weighted by molar-refractivity contribution is -0.156. The number of aromatic nitrogens is 1. The molecule has 3 aromatic rings. The second-order valence-electron chi connectivity index (χ2n) is 12.9. The Balaban J connectivity index is 1.28. The number of carbonyl (C=O) groups is 3. The first-order valence-electron chi connectivity index (χ1n) is 15.0. The first-order chi connectivity index (χ1) is 21.0. The maximum Gasteiger partial charge on any atom is 0.326 e. The van der Waals surface area contributed by atoms with Crippen LogP contribution < -0.4 is 9.61 Å². The minimum absolute atomic E-state index is 0.00185. The largest absolute Gasteiger partial charge is 0.489 e. The molecule has 0 radical (unpaired) electrons. The standard InChI is InChI=1S/C33H33BrN2O6S2/c1-14(2)10-21(32(39)40)36-30(37)25-19-12-20(26(25)31(36)38)27-24(19)23(28-29(43-27)35-33(41)44-28)18-11-17(34)8-9-22(18)42-13-16-6-4-15(3)5-7-16/h4-9,11,14,19-21,23-27H,10,12-13H2,1-3H3,(H,35,41)(H,39,40)/t19?,20?,21?,23-,24?,25?,26?,27?/m1/s1. The van der Waals surface area contributed by atoms with Crippen molar-refractivity contribution in [3.63, 3.8) is 0 Å². The van der Waals surface area contributed by atoms with E-state index < -0.39 is 23.8 Å². The fourth-order valence-corrected chi connectivity index (χ4v) is 11.5. The number of aliphatic carboxylic acids is 1. The predicted octanol–water partition coefficient (Wildman–Crippen LogP) is 6.06. The number of carboxylic acids is 1. The Hall–Kier alpha value is -2.89. The molecule has 230 valence electrons. The van der Waals surface area contributed by atoms with Gasteiger partial charge in [-0.3, -0.25) is 19.3 Å². The number of amides is 2. The fraction of sp³-hybridized carbons (Fsp3) is 0.455. The Morgan fingerprint density at radius 3 is 2.48 bits per heavy atom. The molecular weight excluding hydrogens is 664 g/mol. The van der Waals surface area contributed by atoms with Gasteiger partial charge in [0.2, 0.25) is 11.8 Å². The number of hydrogen-bond acceptors (Lipinski definition) is 7. The van der Waals surface area contributed by atoms with Gasteiger partial charge in [-0.2, -0.15) is 0 Å². The molecule has 2 aliphatic heterocycles. The van der Waals surface area contributed by atoms with Gasteiger partial charge in [0.15, 0.2) is 0 Å². The summed E-state index contributed by atoms with van der Waals surface area (Å²) in [5.74, 6) is -2.61. The second kappa shape index (κ2) is 11.2.